The van der Waals surface area contributed by atoms with Crippen LogP contribution in [0.1, 0.15) is 46.1 Å². The average molecular weight is 406 g/mol. The van der Waals surface area contributed by atoms with Crippen LogP contribution in [0.25, 0.3) is 0 Å². The summed E-state index contributed by atoms with van der Waals surface area (Å²) in [6, 6.07) is 15.5. The number of nitrogens with one attached hydrogen (secondary N) is 3. The van der Waals surface area contributed by atoms with Gasteiger partial charge in [-0.05, 0) is 48.1 Å². The first-order chi connectivity index (χ1) is 14.5. The van der Waals surface area contributed by atoms with Crippen LogP contribution in [0.5, 0.6) is 5.75 Å². The summed E-state index contributed by atoms with van der Waals surface area (Å²) < 4.78 is 5.90. The third kappa shape index (κ3) is 4.12. The molecule has 4 rings (SSSR count). The molecule has 154 valence electrons. The normalized spacial score (nSPS) is 15.3. The summed E-state index contributed by atoms with van der Waals surface area (Å²) in [5.74, 6) is 0.186. The van der Waals surface area contributed by atoms with Gasteiger partial charge in [0.1, 0.15) is 23.7 Å². The SMILES string of the molecule is Nc1c(C(=O)NC2CCCc3cc(OCc4ccccc4)ccc32)[nH]c(=O)[nH]c1=O. The standard InChI is InChI=1S/C22H22N4O4/c23-18-19(25-22(29)26-20(18)27)21(28)24-17-8-4-7-14-11-15(9-10-16(14)17)30-12-13-5-2-1-3-6-13/h1-3,5-6,9-11,17H,4,7-8,12,23H2,(H,24,28)(H2,25,26,27,29). The maximum absolute atomic E-state index is 12.6. The lowest BCUT2D eigenvalue weighted by Gasteiger charge is -2.27. The van der Waals surface area contributed by atoms with Gasteiger partial charge >= 0.3 is 5.69 Å². The largest absolute Gasteiger partial charge is 0.489 e. The lowest BCUT2D eigenvalue weighted by molar-refractivity contribution is 0.0928. The number of aryl methyl sites for hydroxylation is 1. The van der Waals surface area contributed by atoms with Crippen LogP contribution in [0.4, 0.5) is 5.69 Å². The number of ether oxygens (including phenoxy) is 1. The smallest absolute Gasteiger partial charge is 0.326 e. The molecule has 0 saturated heterocycles. The predicted octanol–water partition coefficient (Wildman–Crippen LogP) is 2.03. The van der Waals surface area contributed by atoms with Crippen LogP contribution < -0.4 is 27.0 Å². The van der Waals surface area contributed by atoms with Gasteiger partial charge < -0.3 is 20.8 Å². The summed E-state index contributed by atoms with van der Waals surface area (Å²) in [4.78, 5) is 40.1. The van der Waals surface area contributed by atoms with Gasteiger partial charge in [0.25, 0.3) is 11.5 Å². The van der Waals surface area contributed by atoms with Gasteiger partial charge in [-0.1, -0.05) is 36.4 Å². The van der Waals surface area contributed by atoms with Crippen molar-refractivity contribution in [3.05, 3.63) is 91.8 Å². The van der Waals surface area contributed by atoms with E-state index in [2.05, 4.69) is 10.3 Å². The van der Waals surface area contributed by atoms with E-state index in [9.17, 15) is 14.4 Å². The molecular formula is C22H22N4O4. The van der Waals surface area contributed by atoms with E-state index in [4.69, 9.17) is 10.5 Å². The summed E-state index contributed by atoms with van der Waals surface area (Å²) in [5.41, 5.74) is 6.75. The van der Waals surface area contributed by atoms with Crippen LogP contribution in [0.3, 0.4) is 0 Å². The number of anilines is 1. The van der Waals surface area contributed by atoms with E-state index in [0.717, 1.165) is 41.7 Å². The summed E-state index contributed by atoms with van der Waals surface area (Å²) >= 11 is 0. The molecule has 30 heavy (non-hydrogen) atoms. The van der Waals surface area contributed by atoms with Gasteiger partial charge in [-0.15, -0.1) is 0 Å². The van der Waals surface area contributed by atoms with Crippen molar-refractivity contribution in [2.75, 3.05) is 5.73 Å². The number of benzene rings is 2. The quantitative estimate of drug-likeness (QED) is 0.515. The van der Waals surface area contributed by atoms with Gasteiger partial charge in [0.05, 0.1) is 6.04 Å². The molecule has 1 aliphatic rings. The molecule has 3 aromatic rings. The zero-order chi connectivity index (χ0) is 21.1. The molecule has 1 unspecified atom stereocenters. The molecule has 5 N–H and O–H groups in total. The van der Waals surface area contributed by atoms with Crippen LogP contribution in [0, 0.1) is 0 Å². The number of nitrogen functional groups attached to an aromatic ring is 1. The molecule has 1 heterocycles. The highest BCUT2D eigenvalue weighted by Gasteiger charge is 2.24. The number of carbonyl (C=O) groups excluding carboxylic acids is 1. The Labute approximate surface area is 172 Å². The minimum atomic E-state index is -0.784. The van der Waals surface area contributed by atoms with Crippen LogP contribution in [-0.2, 0) is 13.0 Å². The van der Waals surface area contributed by atoms with Gasteiger partial charge in [-0.2, -0.15) is 0 Å². The van der Waals surface area contributed by atoms with Gasteiger partial charge in [0, 0.05) is 0 Å². The van der Waals surface area contributed by atoms with Crippen molar-refractivity contribution in [3.63, 3.8) is 0 Å². The average Bonchev–Trinajstić information content (AvgIpc) is 2.75. The Kier molecular flexibility index (Phi) is 5.38. The molecule has 0 fully saturated rings. The van der Waals surface area contributed by atoms with Gasteiger partial charge in [-0.25, -0.2) is 4.79 Å². The minimum absolute atomic E-state index is 0.223. The van der Waals surface area contributed by atoms with Gasteiger partial charge in [-0.3, -0.25) is 14.6 Å². The predicted molar refractivity (Wildman–Crippen MR) is 112 cm³/mol. The molecule has 8 nitrogen and oxygen atoms in total. The highest BCUT2D eigenvalue weighted by molar-refractivity contribution is 5.97. The zero-order valence-electron chi connectivity index (χ0n) is 16.2. The summed E-state index contributed by atoms with van der Waals surface area (Å²) in [6.07, 6.45) is 2.52. The molecule has 1 amide bonds. The summed E-state index contributed by atoms with van der Waals surface area (Å²) in [5, 5.41) is 2.88. The Bertz CT molecular complexity index is 1180. The van der Waals surface area contributed by atoms with E-state index in [-0.39, 0.29) is 17.4 Å². The Morgan fingerprint density at radius 1 is 1.13 bits per heavy atom. The Hall–Kier alpha value is -3.81. The number of rotatable bonds is 5. The number of carbonyl (C=O) groups is 1. The van der Waals surface area contributed by atoms with E-state index >= 15 is 0 Å². The number of aromatic amines is 2. The first-order valence-electron chi connectivity index (χ1n) is 9.74. The van der Waals surface area contributed by atoms with Crippen molar-refractivity contribution in [2.24, 2.45) is 0 Å². The first kappa shape index (κ1) is 19.5. The second-order valence-electron chi connectivity index (χ2n) is 7.25. The van der Waals surface area contributed by atoms with Crippen molar-refractivity contribution in [1.82, 2.24) is 15.3 Å². The topological polar surface area (TPSA) is 130 Å². The Balaban J connectivity index is 1.51. The zero-order valence-corrected chi connectivity index (χ0v) is 16.2. The van der Waals surface area contributed by atoms with Crippen molar-refractivity contribution < 1.29 is 9.53 Å². The number of hydrogen-bond donors (Lipinski definition) is 4. The van der Waals surface area contributed by atoms with Gasteiger partial charge in [0.2, 0.25) is 0 Å². The van der Waals surface area contributed by atoms with E-state index in [1.165, 1.54) is 0 Å². The van der Waals surface area contributed by atoms with Crippen LogP contribution in [0.2, 0.25) is 0 Å². The molecule has 1 aliphatic carbocycles. The van der Waals surface area contributed by atoms with Crippen LogP contribution in [-0.4, -0.2) is 15.9 Å². The molecule has 8 heteroatoms. The molecule has 0 aliphatic heterocycles. The number of fused-ring (bicyclic) bond motifs is 1. The molecule has 0 spiro atoms. The van der Waals surface area contributed by atoms with E-state index < -0.39 is 17.2 Å². The fraction of sp³-hybridized carbons (Fsp3) is 0.227. The minimum Gasteiger partial charge on any atom is -0.489 e. The number of aromatic nitrogens is 2. The van der Waals surface area contributed by atoms with Crippen molar-refractivity contribution in [1.29, 1.82) is 0 Å². The Morgan fingerprint density at radius 3 is 2.73 bits per heavy atom. The van der Waals surface area contributed by atoms with E-state index in [1.54, 1.807) is 0 Å². The first-order valence-corrected chi connectivity index (χ1v) is 9.74. The molecule has 0 radical (unpaired) electrons. The van der Waals surface area contributed by atoms with E-state index in [0.29, 0.717) is 6.61 Å². The van der Waals surface area contributed by atoms with Crippen molar-refractivity contribution >= 4 is 11.6 Å². The van der Waals surface area contributed by atoms with Crippen LogP contribution >= 0.6 is 0 Å². The highest BCUT2D eigenvalue weighted by Crippen LogP contribution is 2.32. The molecule has 0 bridgehead atoms. The number of nitrogens with two attached hydrogens (primary N) is 1. The number of amides is 1. The number of H-pyrrole nitrogens is 2. The van der Waals surface area contributed by atoms with Gasteiger partial charge in [0.15, 0.2) is 0 Å². The summed E-state index contributed by atoms with van der Waals surface area (Å²) in [7, 11) is 0. The molecule has 2 aromatic carbocycles. The lowest BCUT2D eigenvalue weighted by atomic mass is 9.87. The fourth-order valence-electron chi connectivity index (χ4n) is 3.68. The molecular weight excluding hydrogens is 384 g/mol. The maximum atomic E-state index is 12.6. The second kappa shape index (κ2) is 8.28. The maximum Gasteiger partial charge on any atom is 0.326 e. The van der Waals surface area contributed by atoms with Crippen molar-refractivity contribution in [3.8, 4) is 5.75 Å². The lowest BCUT2D eigenvalue weighted by Crippen LogP contribution is -2.36. The molecule has 1 aromatic heterocycles. The third-order valence-corrected chi connectivity index (χ3v) is 5.19. The van der Waals surface area contributed by atoms with Crippen molar-refractivity contribution in [2.45, 2.75) is 31.9 Å². The summed E-state index contributed by atoms with van der Waals surface area (Å²) in [6.45, 7) is 0.481. The second-order valence-corrected chi connectivity index (χ2v) is 7.25. The number of hydrogen-bond acceptors (Lipinski definition) is 5. The monoisotopic (exact) mass is 406 g/mol. The third-order valence-electron chi connectivity index (χ3n) is 5.19. The van der Waals surface area contributed by atoms with Crippen LogP contribution in [0.15, 0.2) is 58.1 Å². The Morgan fingerprint density at radius 2 is 1.93 bits per heavy atom. The molecule has 1 atom stereocenters. The van der Waals surface area contributed by atoms with E-state index in [1.807, 2.05) is 53.5 Å². The fourth-order valence-corrected chi connectivity index (χ4v) is 3.68. The highest BCUT2D eigenvalue weighted by atomic mass is 16.5. The molecule has 0 saturated carbocycles.